The van der Waals surface area contributed by atoms with Gasteiger partial charge in [0.1, 0.15) is 6.33 Å². The minimum atomic E-state index is -0.0612. The lowest BCUT2D eigenvalue weighted by atomic mass is 10.1. The summed E-state index contributed by atoms with van der Waals surface area (Å²) in [6.07, 6.45) is 4.96. The van der Waals surface area contributed by atoms with Crippen molar-refractivity contribution in [1.82, 2.24) is 24.6 Å². The fraction of sp³-hybridized carbons (Fsp3) is 0.333. The van der Waals surface area contributed by atoms with Gasteiger partial charge in [0.15, 0.2) is 5.82 Å². The van der Waals surface area contributed by atoms with Crippen LogP contribution in [0.4, 0.5) is 0 Å². The van der Waals surface area contributed by atoms with Crippen LogP contribution < -0.4 is 0 Å². The molecule has 1 aliphatic rings. The summed E-state index contributed by atoms with van der Waals surface area (Å²) in [6, 6.07) is 3.49. The quantitative estimate of drug-likeness (QED) is 0.746. The summed E-state index contributed by atoms with van der Waals surface area (Å²) >= 11 is 0. The maximum atomic E-state index is 12.4. The highest BCUT2D eigenvalue weighted by Gasteiger charge is 2.29. The second-order valence-electron chi connectivity index (χ2n) is 4.30. The molecule has 6 heteroatoms. The van der Waals surface area contributed by atoms with Crippen molar-refractivity contribution < 1.29 is 4.79 Å². The lowest BCUT2D eigenvalue weighted by Gasteiger charge is -2.33. The number of aromatic nitrogens is 4. The molecule has 1 aliphatic heterocycles. The molecule has 1 unspecified atom stereocenters. The zero-order valence-electron chi connectivity index (χ0n) is 10.0. The monoisotopic (exact) mass is 243 g/mol. The average Bonchev–Trinajstić information content (AvgIpc) is 2.89. The Morgan fingerprint density at radius 2 is 2.33 bits per heavy atom. The lowest BCUT2D eigenvalue weighted by Crippen LogP contribution is -2.41. The standard InChI is InChI=1S/C12H13N5O/c1-9-11-15-14-8-16(11)5-6-17(9)12(18)10-3-2-4-13-7-10/h2-4,7-9H,5-6H2,1H3. The Labute approximate surface area is 104 Å². The van der Waals surface area contributed by atoms with E-state index in [0.29, 0.717) is 12.1 Å². The Morgan fingerprint density at radius 1 is 1.44 bits per heavy atom. The van der Waals surface area contributed by atoms with E-state index in [9.17, 15) is 4.79 Å². The molecule has 92 valence electrons. The average molecular weight is 243 g/mol. The van der Waals surface area contributed by atoms with Gasteiger partial charge in [-0.2, -0.15) is 0 Å². The lowest BCUT2D eigenvalue weighted by molar-refractivity contribution is 0.0637. The first-order valence-electron chi connectivity index (χ1n) is 5.86. The van der Waals surface area contributed by atoms with Crippen molar-refractivity contribution in [3.63, 3.8) is 0 Å². The Morgan fingerprint density at radius 3 is 3.11 bits per heavy atom. The van der Waals surface area contributed by atoms with Crippen molar-refractivity contribution in [3.8, 4) is 0 Å². The zero-order chi connectivity index (χ0) is 12.5. The van der Waals surface area contributed by atoms with Crippen LogP contribution >= 0.6 is 0 Å². The van der Waals surface area contributed by atoms with E-state index in [1.54, 1.807) is 35.8 Å². The maximum Gasteiger partial charge on any atom is 0.256 e. The highest BCUT2D eigenvalue weighted by atomic mass is 16.2. The molecule has 6 nitrogen and oxygen atoms in total. The van der Waals surface area contributed by atoms with Crippen LogP contribution in [0.15, 0.2) is 30.9 Å². The molecule has 0 aromatic carbocycles. The normalized spacial score (nSPS) is 18.5. The number of hydrogen-bond acceptors (Lipinski definition) is 4. The molecule has 3 heterocycles. The number of amides is 1. The summed E-state index contributed by atoms with van der Waals surface area (Å²) in [5.74, 6) is 0.823. The van der Waals surface area contributed by atoms with Gasteiger partial charge < -0.3 is 9.47 Å². The van der Waals surface area contributed by atoms with Gasteiger partial charge in [-0.3, -0.25) is 9.78 Å². The van der Waals surface area contributed by atoms with Gasteiger partial charge in [0.05, 0.1) is 11.6 Å². The van der Waals surface area contributed by atoms with Gasteiger partial charge in [0.2, 0.25) is 0 Å². The van der Waals surface area contributed by atoms with Crippen molar-refractivity contribution in [2.75, 3.05) is 6.54 Å². The van der Waals surface area contributed by atoms with E-state index in [4.69, 9.17) is 0 Å². The van der Waals surface area contributed by atoms with Crippen LogP contribution in [-0.2, 0) is 6.54 Å². The smallest absolute Gasteiger partial charge is 0.256 e. The van der Waals surface area contributed by atoms with Gasteiger partial charge in [-0.25, -0.2) is 0 Å². The Balaban J connectivity index is 1.89. The minimum absolute atomic E-state index is 0.00940. The third-order valence-electron chi connectivity index (χ3n) is 3.24. The predicted molar refractivity (Wildman–Crippen MR) is 63.7 cm³/mol. The first kappa shape index (κ1) is 10.9. The number of hydrogen-bond donors (Lipinski definition) is 0. The molecule has 18 heavy (non-hydrogen) atoms. The maximum absolute atomic E-state index is 12.4. The van der Waals surface area contributed by atoms with Crippen molar-refractivity contribution in [2.24, 2.45) is 0 Å². The van der Waals surface area contributed by atoms with Gasteiger partial charge in [0, 0.05) is 25.5 Å². The van der Waals surface area contributed by atoms with Gasteiger partial charge in [-0.05, 0) is 19.1 Å². The van der Waals surface area contributed by atoms with E-state index in [-0.39, 0.29) is 11.9 Å². The van der Waals surface area contributed by atoms with E-state index >= 15 is 0 Å². The molecule has 0 N–H and O–H groups in total. The predicted octanol–water partition coefficient (Wildman–Crippen LogP) is 0.890. The van der Waals surface area contributed by atoms with Crippen LogP contribution in [0, 0.1) is 0 Å². The molecule has 0 bridgehead atoms. The second-order valence-corrected chi connectivity index (χ2v) is 4.30. The second kappa shape index (κ2) is 4.21. The Kier molecular flexibility index (Phi) is 2.55. The number of carbonyl (C=O) groups excluding carboxylic acids is 1. The van der Waals surface area contributed by atoms with Gasteiger partial charge in [-0.15, -0.1) is 10.2 Å². The molecule has 1 amide bonds. The number of fused-ring (bicyclic) bond motifs is 1. The molecule has 0 fully saturated rings. The van der Waals surface area contributed by atoms with Crippen LogP contribution in [0.25, 0.3) is 0 Å². The van der Waals surface area contributed by atoms with E-state index in [1.165, 1.54) is 0 Å². The largest absolute Gasteiger partial charge is 0.327 e. The fourth-order valence-corrected chi connectivity index (χ4v) is 2.24. The molecule has 1 atom stereocenters. The molecule has 2 aromatic rings. The van der Waals surface area contributed by atoms with Crippen LogP contribution in [0.2, 0.25) is 0 Å². The zero-order valence-corrected chi connectivity index (χ0v) is 10.0. The third kappa shape index (κ3) is 1.66. The van der Waals surface area contributed by atoms with E-state index in [2.05, 4.69) is 15.2 Å². The van der Waals surface area contributed by atoms with Crippen LogP contribution in [-0.4, -0.2) is 37.1 Å². The molecule has 0 saturated heterocycles. The van der Waals surface area contributed by atoms with Gasteiger partial charge >= 0.3 is 0 Å². The highest BCUT2D eigenvalue weighted by Crippen LogP contribution is 2.24. The molecule has 0 saturated carbocycles. The van der Waals surface area contributed by atoms with Gasteiger partial charge in [-0.1, -0.05) is 0 Å². The van der Waals surface area contributed by atoms with E-state index in [1.807, 2.05) is 11.5 Å². The summed E-state index contributed by atoms with van der Waals surface area (Å²) in [4.78, 5) is 18.2. The van der Waals surface area contributed by atoms with E-state index in [0.717, 1.165) is 12.4 Å². The van der Waals surface area contributed by atoms with E-state index < -0.39 is 0 Å². The molecular weight excluding hydrogens is 230 g/mol. The summed E-state index contributed by atoms with van der Waals surface area (Å²) in [5, 5.41) is 7.95. The van der Waals surface area contributed by atoms with Crippen LogP contribution in [0.1, 0.15) is 29.1 Å². The molecule has 0 aliphatic carbocycles. The van der Waals surface area contributed by atoms with Crippen molar-refractivity contribution >= 4 is 5.91 Å². The topological polar surface area (TPSA) is 63.9 Å². The van der Waals surface area contributed by atoms with Gasteiger partial charge in [0.25, 0.3) is 5.91 Å². The SMILES string of the molecule is CC1c2nncn2CCN1C(=O)c1cccnc1. The number of nitrogens with zero attached hydrogens (tertiary/aromatic N) is 5. The molecule has 3 rings (SSSR count). The summed E-state index contributed by atoms with van der Waals surface area (Å²) < 4.78 is 1.98. The van der Waals surface area contributed by atoms with Crippen LogP contribution in [0.3, 0.4) is 0 Å². The highest BCUT2D eigenvalue weighted by molar-refractivity contribution is 5.94. The van der Waals surface area contributed by atoms with Crippen LogP contribution in [0.5, 0.6) is 0 Å². The summed E-state index contributed by atoms with van der Waals surface area (Å²) in [5.41, 5.74) is 0.609. The molecule has 0 radical (unpaired) electrons. The number of rotatable bonds is 1. The first-order chi connectivity index (χ1) is 8.77. The number of pyridine rings is 1. The first-order valence-corrected chi connectivity index (χ1v) is 5.86. The van der Waals surface area contributed by atoms with Crippen molar-refractivity contribution in [3.05, 3.63) is 42.2 Å². The third-order valence-corrected chi connectivity index (χ3v) is 3.24. The summed E-state index contributed by atoms with van der Waals surface area (Å²) in [6.45, 7) is 3.37. The number of carbonyl (C=O) groups is 1. The minimum Gasteiger partial charge on any atom is -0.327 e. The fourth-order valence-electron chi connectivity index (χ4n) is 2.24. The molecule has 0 spiro atoms. The Hall–Kier alpha value is -2.24. The molecule has 2 aromatic heterocycles. The Bertz CT molecular complexity index is 565. The van der Waals surface area contributed by atoms with Crippen molar-refractivity contribution in [2.45, 2.75) is 19.5 Å². The molecular formula is C12H13N5O. The summed E-state index contributed by atoms with van der Waals surface area (Å²) in [7, 11) is 0. The van der Waals surface area contributed by atoms with Crippen molar-refractivity contribution in [1.29, 1.82) is 0 Å².